The third kappa shape index (κ3) is 2.06. The Morgan fingerprint density at radius 1 is 1.10 bits per heavy atom. The van der Waals surface area contributed by atoms with Crippen LogP contribution < -0.4 is 0 Å². The van der Waals surface area contributed by atoms with Gasteiger partial charge in [0.05, 0.1) is 18.2 Å². The summed E-state index contributed by atoms with van der Waals surface area (Å²) in [4.78, 5) is 25.1. The van der Waals surface area contributed by atoms with Gasteiger partial charge in [0.1, 0.15) is 0 Å². The average molecular weight is 271 g/mol. The van der Waals surface area contributed by atoms with Crippen LogP contribution in [0, 0.1) is 0 Å². The molecule has 2 amide bonds. The molecule has 3 rings (SSSR count). The topological polar surface area (TPSA) is 46.6 Å². The fourth-order valence-corrected chi connectivity index (χ4v) is 2.99. The Morgan fingerprint density at radius 2 is 1.70 bits per heavy atom. The Hall–Kier alpha value is -1.94. The lowest BCUT2D eigenvalue weighted by atomic mass is 10.1. The Morgan fingerprint density at radius 3 is 2.30 bits per heavy atom. The second-order valence-corrected chi connectivity index (χ2v) is 5.43. The van der Waals surface area contributed by atoms with Crippen LogP contribution in [-0.2, 0) is 14.3 Å². The van der Waals surface area contributed by atoms with E-state index in [1.54, 1.807) is 0 Å². The van der Waals surface area contributed by atoms with Crippen LogP contribution in [0.25, 0.3) is 0 Å². The summed E-state index contributed by atoms with van der Waals surface area (Å²) in [5.41, 5.74) is 2.10. The molecule has 0 radical (unpaired) electrons. The zero-order valence-corrected chi connectivity index (χ0v) is 11.6. The minimum absolute atomic E-state index is 0.0580. The van der Waals surface area contributed by atoms with Gasteiger partial charge in [-0.05, 0) is 25.0 Å². The number of carbonyl (C=O) groups excluding carboxylic acids is 2. The molecule has 0 bridgehead atoms. The lowest BCUT2D eigenvalue weighted by Gasteiger charge is -2.23. The van der Waals surface area contributed by atoms with Gasteiger partial charge in [-0.1, -0.05) is 24.3 Å². The lowest BCUT2D eigenvalue weighted by molar-refractivity contribution is -0.140. The summed E-state index contributed by atoms with van der Waals surface area (Å²) < 4.78 is 5.93. The van der Waals surface area contributed by atoms with Crippen LogP contribution in [-0.4, -0.2) is 22.8 Å². The van der Waals surface area contributed by atoms with Gasteiger partial charge in [-0.2, -0.15) is 0 Å². The summed E-state index contributed by atoms with van der Waals surface area (Å²) in [5.74, 6) is -0.472. The van der Waals surface area contributed by atoms with E-state index >= 15 is 0 Å². The number of benzene rings is 1. The van der Waals surface area contributed by atoms with E-state index in [1.165, 1.54) is 17.1 Å². The van der Waals surface area contributed by atoms with Crippen LogP contribution in [0.3, 0.4) is 0 Å². The zero-order chi connectivity index (χ0) is 14.3. The van der Waals surface area contributed by atoms with E-state index in [0.29, 0.717) is 6.42 Å². The highest BCUT2D eigenvalue weighted by molar-refractivity contribution is 6.13. The van der Waals surface area contributed by atoms with Crippen molar-refractivity contribution in [3.05, 3.63) is 47.5 Å². The van der Waals surface area contributed by atoms with Crippen LogP contribution in [0.5, 0.6) is 0 Å². The molecule has 0 aromatic heterocycles. The van der Waals surface area contributed by atoms with E-state index in [-0.39, 0.29) is 30.1 Å². The van der Waals surface area contributed by atoms with Crippen molar-refractivity contribution in [1.82, 2.24) is 4.90 Å². The van der Waals surface area contributed by atoms with Gasteiger partial charge in [0.2, 0.25) is 0 Å². The van der Waals surface area contributed by atoms with Crippen LogP contribution in [0.2, 0.25) is 0 Å². The molecule has 0 saturated carbocycles. The van der Waals surface area contributed by atoms with E-state index in [2.05, 4.69) is 0 Å². The summed E-state index contributed by atoms with van der Waals surface area (Å²) >= 11 is 0. The molecule has 0 saturated heterocycles. The molecule has 2 aliphatic rings. The number of rotatable bonds is 3. The fraction of sp³-hybridized carbons (Fsp3) is 0.375. The Labute approximate surface area is 118 Å². The molecule has 0 spiro atoms. The van der Waals surface area contributed by atoms with Crippen molar-refractivity contribution in [1.29, 1.82) is 0 Å². The van der Waals surface area contributed by atoms with Crippen LogP contribution in [0.15, 0.2) is 36.4 Å². The standard InChI is InChI=1S/C16H17NO3/c1-10(2)20-14-9-13(11-5-3-4-6-12(11)14)17-15(18)7-8-16(17)19/h3-8,10,13-14H,9H2,1-2H3/t13-,14-/m0/s1. The monoisotopic (exact) mass is 271 g/mol. The van der Waals surface area contributed by atoms with Crippen LogP contribution >= 0.6 is 0 Å². The highest BCUT2D eigenvalue weighted by Gasteiger charge is 2.40. The number of hydrogen-bond acceptors (Lipinski definition) is 3. The van der Waals surface area contributed by atoms with Crippen LogP contribution in [0.1, 0.15) is 43.5 Å². The minimum Gasteiger partial charge on any atom is -0.371 e. The maximum atomic E-state index is 11.9. The van der Waals surface area contributed by atoms with Crippen molar-refractivity contribution in [2.24, 2.45) is 0 Å². The van der Waals surface area contributed by atoms with Gasteiger partial charge in [-0.15, -0.1) is 0 Å². The number of nitrogens with zero attached hydrogens (tertiary/aromatic N) is 1. The van der Waals surface area contributed by atoms with E-state index in [4.69, 9.17) is 4.74 Å². The normalized spacial score (nSPS) is 24.9. The van der Waals surface area contributed by atoms with E-state index in [9.17, 15) is 9.59 Å². The molecule has 1 aromatic carbocycles. The quantitative estimate of drug-likeness (QED) is 0.794. The molecule has 0 N–H and O–H groups in total. The zero-order valence-electron chi connectivity index (χ0n) is 11.6. The Bertz CT molecular complexity index is 573. The lowest BCUT2D eigenvalue weighted by Crippen LogP contribution is -2.33. The molecule has 104 valence electrons. The second-order valence-electron chi connectivity index (χ2n) is 5.43. The number of carbonyl (C=O) groups is 2. The third-order valence-electron chi connectivity index (χ3n) is 3.73. The largest absolute Gasteiger partial charge is 0.371 e. The first-order chi connectivity index (χ1) is 9.58. The van der Waals surface area contributed by atoms with Crippen molar-refractivity contribution in [2.75, 3.05) is 0 Å². The highest BCUT2D eigenvalue weighted by Crippen LogP contribution is 2.45. The van der Waals surface area contributed by atoms with Crippen molar-refractivity contribution in [3.63, 3.8) is 0 Å². The molecule has 20 heavy (non-hydrogen) atoms. The summed E-state index contributed by atoms with van der Waals surface area (Å²) in [6.45, 7) is 3.98. The predicted octanol–water partition coefficient (Wildman–Crippen LogP) is 2.52. The number of hydrogen-bond donors (Lipinski definition) is 0. The highest BCUT2D eigenvalue weighted by atomic mass is 16.5. The Kier molecular flexibility index (Phi) is 3.18. The van der Waals surface area contributed by atoms with Crippen molar-refractivity contribution in [3.8, 4) is 0 Å². The van der Waals surface area contributed by atoms with E-state index < -0.39 is 0 Å². The third-order valence-corrected chi connectivity index (χ3v) is 3.73. The number of imide groups is 1. The molecule has 4 heteroatoms. The molecular weight excluding hydrogens is 254 g/mol. The summed E-state index contributed by atoms with van der Waals surface area (Å²) in [6.07, 6.45) is 3.35. The molecular formula is C16H17NO3. The van der Waals surface area contributed by atoms with Gasteiger partial charge >= 0.3 is 0 Å². The van der Waals surface area contributed by atoms with E-state index in [1.807, 2.05) is 38.1 Å². The molecule has 1 aliphatic carbocycles. The molecule has 1 heterocycles. The van der Waals surface area contributed by atoms with Gasteiger partial charge in [-0.3, -0.25) is 14.5 Å². The molecule has 4 nitrogen and oxygen atoms in total. The van der Waals surface area contributed by atoms with Gasteiger partial charge in [0, 0.05) is 18.6 Å². The summed E-state index contributed by atoms with van der Waals surface area (Å²) in [6, 6.07) is 7.67. The Balaban J connectivity index is 1.95. The molecule has 1 aromatic rings. The molecule has 0 unspecified atom stereocenters. The number of amides is 2. The number of ether oxygens (including phenoxy) is 1. The molecule has 1 aliphatic heterocycles. The first kappa shape index (κ1) is 13.1. The fourth-order valence-electron chi connectivity index (χ4n) is 2.99. The van der Waals surface area contributed by atoms with Gasteiger partial charge in [0.25, 0.3) is 11.8 Å². The van der Waals surface area contributed by atoms with Gasteiger partial charge in [-0.25, -0.2) is 0 Å². The first-order valence-corrected chi connectivity index (χ1v) is 6.87. The van der Waals surface area contributed by atoms with Crippen molar-refractivity contribution >= 4 is 11.8 Å². The second kappa shape index (κ2) is 4.87. The minimum atomic E-state index is -0.236. The summed E-state index contributed by atoms with van der Waals surface area (Å²) in [5, 5.41) is 0. The first-order valence-electron chi connectivity index (χ1n) is 6.87. The maximum absolute atomic E-state index is 11.9. The van der Waals surface area contributed by atoms with Crippen molar-refractivity contribution < 1.29 is 14.3 Å². The average Bonchev–Trinajstić information content (AvgIpc) is 2.91. The smallest absolute Gasteiger partial charge is 0.254 e. The van der Waals surface area contributed by atoms with Gasteiger partial charge in [0.15, 0.2) is 0 Å². The van der Waals surface area contributed by atoms with Gasteiger partial charge < -0.3 is 4.74 Å². The maximum Gasteiger partial charge on any atom is 0.254 e. The summed E-state index contributed by atoms with van der Waals surface area (Å²) in [7, 11) is 0. The molecule has 0 fully saturated rings. The van der Waals surface area contributed by atoms with E-state index in [0.717, 1.165) is 11.1 Å². The molecule has 2 atom stereocenters. The van der Waals surface area contributed by atoms with Crippen LogP contribution in [0.4, 0.5) is 0 Å². The SMILES string of the molecule is CC(C)O[C@H]1C[C@H](N2C(=O)C=CC2=O)c2ccccc21. The predicted molar refractivity (Wildman–Crippen MR) is 73.8 cm³/mol. The van der Waals surface area contributed by atoms with Crippen molar-refractivity contribution in [2.45, 2.75) is 38.5 Å². The number of fused-ring (bicyclic) bond motifs is 1.